The Morgan fingerprint density at radius 1 is 0.917 bits per heavy atom. The fourth-order valence-electron chi connectivity index (χ4n) is 3.02. The van der Waals surface area contributed by atoms with Gasteiger partial charge in [0.1, 0.15) is 11.5 Å². The maximum atomic E-state index is 12.3. The number of hydrazone groups is 1. The number of carbonyl (C=O) groups is 3. The van der Waals surface area contributed by atoms with Gasteiger partial charge in [0.05, 0.1) is 18.5 Å². The van der Waals surface area contributed by atoms with Crippen LogP contribution in [0.25, 0.3) is 0 Å². The summed E-state index contributed by atoms with van der Waals surface area (Å²) in [6, 6.07) is 19.1. The van der Waals surface area contributed by atoms with E-state index in [0.29, 0.717) is 35.0 Å². The van der Waals surface area contributed by atoms with Gasteiger partial charge in [-0.15, -0.1) is 0 Å². The molecule has 0 bridgehead atoms. The predicted octanol–water partition coefficient (Wildman–Crippen LogP) is 4.26. The molecular formula is C26H25BrN4O5. The zero-order chi connectivity index (χ0) is 25.9. The Kier molecular flexibility index (Phi) is 9.58. The van der Waals surface area contributed by atoms with Crippen molar-refractivity contribution in [1.82, 2.24) is 5.43 Å². The molecule has 0 spiro atoms. The molecule has 0 radical (unpaired) electrons. The fraction of sp³-hybridized carbons (Fsp3) is 0.154. The zero-order valence-corrected chi connectivity index (χ0v) is 21.3. The summed E-state index contributed by atoms with van der Waals surface area (Å²) in [6.45, 7) is 3.93. The first-order valence-corrected chi connectivity index (χ1v) is 11.8. The van der Waals surface area contributed by atoms with Crippen LogP contribution in [0.5, 0.6) is 11.5 Å². The van der Waals surface area contributed by atoms with Gasteiger partial charge in [0.2, 0.25) is 0 Å². The monoisotopic (exact) mass is 552 g/mol. The maximum Gasteiger partial charge on any atom is 0.329 e. The summed E-state index contributed by atoms with van der Waals surface area (Å²) in [5.74, 6) is -1.35. The van der Waals surface area contributed by atoms with Gasteiger partial charge in [0.25, 0.3) is 5.91 Å². The van der Waals surface area contributed by atoms with Crippen LogP contribution in [0.2, 0.25) is 0 Å². The molecule has 0 atom stereocenters. The second-order valence-corrected chi connectivity index (χ2v) is 8.28. The highest BCUT2D eigenvalue weighted by Gasteiger charge is 2.15. The lowest BCUT2D eigenvalue weighted by atomic mass is 10.2. The maximum absolute atomic E-state index is 12.3. The standard InChI is InChI=1S/C26H25BrN4O5/c1-3-35-23-11-7-5-9-21(23)30-25(33)26(34)31-28-15-18-8-4-6-10-22(18)36-16-24(32)29-19-12-13-20(27)17(2)14-19/h4-15H,3,16H2,1-2H3,(H,29,32)(H,30,33)(H,31,34)/b28-15-. The number of anilines is 2. The summed E-state index contributed by atoms with van der Waals surface area (Å²) in [5.41, 5.74) is 4.70. The lowest BCUT2D eigenvalue weighted by Gasteiger charge is -2.11. The van der Waals surface area contributed by atoms with Crippen LogP contribution in [-0.2, 0) is 14.4 Å². The number of nitrogens with zero attached hydrogens (tertiary/aromatic N) is 1. The molecule has 3 N–H and O–H groups in total. The molecule has 10 heteroatoms. The van der Waals surface area contributed by atoms with E-state index in [1.807, 2.05) is 26.0 Å². The highest BCUT2D eigenvalue weighted by molar-refractivity contribution is 9.10. The predicted molar refractivity (Wildman–Crippen MR) is 141 cm³/mol. The first-order chi connectivity index (χ1) is 17.4. The first-order valence-electron chi connectivity index (χ1n) is 11.0. The Labute approximate surface area is 217 Å². The smallest absolute Gasteiger partial charge is 0.329 e. The topological polar surface area (TPSA) is 118 Å². The number of hydrogen-bond acceptors (Lipinski definition) is 6. The Balaban J connectivity index is 1.54. The molecule has 3 aromatic carbocycles. The molecule has 3 amide bonds. The van der Waals surface area contributed by atoms with E-state index >= 15 is 0 Å². The molecule has 0 unspecified atom stereocenters. The minimum absolute atomic E-state index is 0.228. The van der Waals surface area contributed by atoms with E-state index in [1.54, 1.807) is 54.6 Å². The van der Waals surface area contributed by atoms with E-state index in [2.05, 4.69) is 37.1 Å². The molecule has 9 nitrogen and oxygen atoms in total. The van der Waals surface area contributed by atoms with Crippen LogP contribution in [0.15, 0.2) is 76.3 Å². The molecule has 0 aliphatic rings. The van der Waals surface area contributed by atoms with Crippen LogP contribution >= 0.6 is 15.9 Å². The highest BCUT2D eigenvalue weighted by Crippen LogP contribution is 2.23. The van der Waals surface area contributed by atoms with E-state index < -0.39 is 11.8 Å². The number of carbonyl (C=O) groups excluding carboxylic acids is 3. The Morgan fingerprint density at radius 2 is 1.64 bits per heavy atom. The average molecular weight is 553 g/mol. The largest absolute Gasteiger partial charge is 0.492 e. The van der Waals surface area contributed by atoms with Crippen molar-refractivity contribution >= 4 is 51.2 Å². The third kappa shape index (κ3) is 7.67. The van der Waals surface area contributed by atoms with Gasteiger partial charge in [-0.1, -0.05) is 40.2 Å². The molecule has 0 saturated carbocycles. The summed E-state index contributed by atoms with van der Waals surface area (Å²) < 4.78 is 12.0. The van der Waals surface area contributed by atoms with Gasteiger partial charge in [-0.3, -0.25) is 14.4 Å². The van der Waals surface area contributed by atoms with Crippen molar-refractivity contribution in [3.8, 4) is 11.5 Å². The van der Waals surface area contributed by atoms with Gasteiger partial charge in [0, 0.05) is 15.7 Å². The number of halogens is 1. The Morgan fingerprint density at radius 3 is 2.39 bits per heavy atom. The van der Waals surface area contributed by atoms with Gasteiger partial charge >= 0.3 is 11.8 Å². The molecule has 186 valence electrons. The van der Waals surface area contributed by atoms with Crippen molar-refractivity contribution in [2.24, 2.45) is 5.10 Å². The van der Waals surface area contributed by atoms with Crippen LogP contribution in [0, 0.1) is 6.92 Å². The summed E-state index contributed by atoms with van der Waals surface area (Å²) in [6.07, 6.45) is 1.32. The molecule has 0 aromatic heterocycles. The number of aryl methyl sites for hydroxylation is 1. The number of para-hydroxylation sites is 3. The van der Waals surface area contributed by atoms with E-state index in [0.717, 1.165) is 10.0 Å². The third-order valence-corrected chi connectivity index (χ3v) is 5.62. The van der Waals surface area contributed by atoms with Gasteiger partial charge in [0.15, 0.2) is 6.61 Å². The Hall–Kier alpha value is -4.18. The third-order valence-electron chi connectivity index (χ3n) is 4.73. The Bertz CT molecular complexity index is 1280. The minimum Gasteiger partial charge on any atom is -0.492 e. The van der Waals surface area contributed by atoms with Crippen molar-refractivity contribution in [1.29, 1.82) is 0 Å². The van der Waals surface area contributed by atoms with Crippen LogP contribution in [0.4, 0.5) is 11.4 Å². The zero-order valence-electron chi connectivity index (χ0n) is 19.7. The van der Waals surface area contributed by atoms with Gasteiger partial charge < -0.3 is 20.1 Å². The molecule has 0 aliphatic carbocycles. The van der Waals surface area contributed by atoms with Crippen LogP contribution in [0.1, 0.15) is 18.1 Å². The van der Waals surface area contributed by atoms with E-state index in [4.69, 9.17) is 9.47 Å². The van der Waals surface area contributed by atoms with Crippen molar-refractivity contribution < 1.29 is 23.9 Å². The quantitative estimate of drug-likeness (QED) is 0.208. The second kappa shape index (κ2) is 13.1. The molecule has 0 heterocycles. The first kappa shape index (κ1) is 26.4. The lowest BCUT2D eigenvalue weighted by Crippen LogP contribution is -2.32. The average Bonchev–Trinajstić information content (AvgIpc) is 2.87. The molecule has 0 fully saturated rings. The molecular weight excluding hydrogens is 528 g/mol. The van der Waals surface area contributed by atoms with Gasteiger partial charge in [-0.25, -0.2) is 5.43 Å². The van der Waals surface area contributed by atoms with Crippen molar-refractivity contribution in [3.05, 3.63) is 82.3 Å². The number of nitrogens with one attached hydrogen (secondary N) is 3. The number of amides is 3. The lowest BCUT2D eigenvalue weighted by molar-refractivity contribution is -0.136. The second-order valence-electron chi connectivity index (χ2n) is 7.42. The minimum atomic E-state index is -0.958. The number of benzene rings is 3. The summed E-state index contributed by atoms with van der Waals surface area (Å²) in [4.78, 5) is 36.7. The van der Waals surface area contributed by atoms with Crippen LogP contribution < -0.4 is 25.5 Å². The SMILES string of the molecule is CCOc1ccccc1NC(=O)C(=O)N/N=C\c1ccccc1OCC(=O)Nc1ccc(Br)c(C)c1. The molecule has 36 heavy (non-hydrogen) atoms. The van der Waals surface area contributed by atoms with E-state index in [1.165, 1.54) is 6.21 Å². The van der Waals surface area contributed by atoms with E-state index in [9.17, 15) is 14.4 Å². The van der Waals surface area contributed by atoms with Crippen molar-refractivity contribution in [2.75, 3.05) is 23.8 Å². The van der Waals surface area contributed by atoms with E-state index in [-0.39, 0.29) is 12.5 Å². The number of ether oxygens (including phenoxy) is 2. The number of hydrogen-bond donors (Lipinski definition) is 3. The van der Waals surface area contributed by atoms with Crippen molar-refractivity contribution in [2.45, 2.75) is 13.8 Å². The van der Waals surface area contributed by atoms with Gasteiger partial charge in [-0.05, 0) is 61.9 Å². The molecule has 3 rings (SSSR count). The van der Waals surface area contributed by atoms with Gasteiger partial charge in [-0.2, -0.15) is 5.10 Å². The summed E-state index contributed by atoms with van der Waals surface area (Å²) in [5, 5.41) is 9.10. The molecule has 0 saturated heterocycles. The van der Waals surface area contributed by atoms with Crippen LogP contribution in [-0.4, -0.2) is 37.1 Å². The highest BCUT2D eigenvalue weighted by atomic mass is 79.9. The molecule has 3 aromatic rings. The molecule has 0 aliphatic heterocycles. The van der Waals surface area contributed by atoms with Crippen molar-refractivity contribution in [3.63, 3.8) is 0 Å². The normalized spacial score (nSPS) is 10.5. The fourth-order valence-corrected chi connectivity index (χ4v) is 3.27. The van der Waals surface area contributed by atoms with Crippen LogP contribution in [0.3, 0.4) is 0 Å². The summed E-state index contributed by atoms with van der Waals surface area (Å²) in [7, 11) is 0. The summed E-state index contributed by atoms with van der Waals surface area (Å²) >= 11 is 3.42. The number of rotatable bonds is 9.